The largest absolute Gasteiger partial charge is 0.468 e. The number of halogens is 1. The molecule has 2 heterocycles. The number of nitrogens with one attached hydrogen (secondary N) is 1. The highest BCUT2D eigenvalue weighted by atomic mass is 19.1. The molecule has 2 aromatic rings. The number of esters is 1. The van der Waals surface area contributed by atoms with Gasteiger partial charge in [0.05, 0.1) is 31.2 Å². The molecule has 7 nitrogen and oxygen atoms in total. The van der Waals surface area contributed by atoms with Crippen molar-refractivity contribution in [3.63, 3.8) is 0 Å². The molecule has 8 heteroatoms. The first-order valence-electron chi connectivity index (χ1n) is 9.10. The average Bonchev–Trinajstić information content (AvgIpc) is 3.23. The van der Waals surface area contributed by atoms with Crippen LogP contribution in [0.15, 0.2) is 54.6 Å². The van der Waals surface area contributed by atoms with Crippen molar-refractivity contribution in [2.45, 2.75) is 11.6 Å². The molecule has 29 heavy (non-hydrogen) atoms. The van der Waals surface area contributed by atoms with E-state index in [9.17, 15) is 23.9 Å². The third kappa shape index (κ3) is 2.67. The maximum absolute atomic E-state index is 14.6. The van der Waals surface area contributed by atoms with E-state index in [1.165, 1.54) is 18.2 Å². The summed E-state index contributed by atoms with van der Waals surface area (Å²) >= 11 is 0. The Morgan fingerprint density at radius 1 is 1.14 bits per heavy atom. The maximum atomic E-state index is 14.6. The van der Waals surface area contributed by atoms with Crippen molar-refractivity contribution in [2.24, 2.45) is 11.8 Å². The van der Waals surface area contributed by atoms with E-state index in [-0.39, 0.29) is 5.56 Å². The number of carbonyl (C=O) groups is 3. The number of para-hydroxylation sites is 1. The van der Waals surface area contributed by atoms with Crippen LogP contribution in [0.5, 0.6) is 0 Å². The summed E-state index contributed by atoms with van der Waals surface area (Å²) in [6, 6.07) is 13.1. The third-order valence-corrected chi connectivity index (χ3v) is 5.71. The molecule has 2 amide bonds. The maximum Gasteiger partial charge on any atom is 0.329 e. The molecule has 2 aromatic carbocycles. The monoisotopic (exact) mass is 398 g/mol. The van der Waals surface area contributed by atoms with Crippen LogP contribution in [0.3, 0.4) is 0 Å². The topological polar surface area (TPSA) is 95.9 Å². The molecule has 4 atom stereocenters. The fraction of sp³-hybridized carbons (Fsp3) is 0.286. The SMILES string of the molecule is COC(=O)[C@@]1(CO)N[C@@H](c2ccccc2F)[C@H]2C(=O)N(c3ccccc3)C(=O)[C@@H]21. The van der Waals surface area contributed by atoms with Gasteiger partial charge < -0.3 is 9.84 Å². The molecular weight excluding hydrogens is 379 g/mol. The number of carbonyl (C=O) groups excluding carboxylic acids is 3. The summed E-state index contributed by atoms with van der Waals surface area (Å²) in [5.41, 5.74) is -1.37. The number of hydrogen-bond donors (Lipinski definition) is 2. The summed E-state index contributed by atoms with van der Waals surface area (Å²) in [5, 5.41) is 13.0. The molecule has 2 aliphatic rings. The zero-order chi connectivity index (χ0) is 20.8. The van der Waals surface area contributed by atoms with Gasteiger partial charge in [-0.2, -0.15) is 0 Å². The van der Waals surface area contributed by atoms with E-state index >= 15 is 0 Å². The minimum atomic E-state index is -1.86. The minimum absolute atomic E-state index is 0.137. The van der Waals surface area contributed by atoms with E-state index in [4.69, 9.17) is 4.74 Å². The Kier molecular flexibility index (Phi) is 4.68. The second kappa shape index (κ2) is 7.06. The van der Waals surface area contributed by atoms with Gasteiger partial charge in [0.2, 0.25) is 11.8 Å². The van der Waals surface area contributed by atoms with Crippen LogP contribution in [-0.4, -0.2) is 42.1 Å². The zero-order valence-electron chi connectivity index (χ0n) is 15.5. The standard InChI is InChI=1S/C21H19FN2O5/c1-29-20(28)21(11-25)16-15(17(23-21)13-9-5-6-10-14(13)22)18(26)24(19(16)27)12-7-3-2-4-8-12/h2-10,15-17,23,25H,11H2,1H3/t15-,16+,17-,21-/m0/s1. The van der Waals surface area contributed by atoms with Crippen molar-refractivity contribution in [3.8, 4) is 0 Å². The van der Waals surface area contributed by atoms with Gasteiger partial charge in [-0.05, 0) is 18.2 Å². The lowest BCUT2D eigenvalue weighted by atomic mass is 9.79. The van der Waals surface area contributed by atoms with Crippen LogP contribution in [0.1, 0.15) is 11.6 Å². The number of imide groups is 1. The highest BCUT2D eigenvalue weighted by Gasteiger charge is 2.69. The smallest absolute Gasteiger partial charge is 0.329 e. The summed E-state index contributed by atoms with van der Waals surface area (Å²) in [6.07, 6.45) is 0. The van der Waals surface area contributed by atoms with Crippen LogP contribution >= 0.6 is 0 Å². The Hall–Kier alpha value is -3.10. The molecule has 150 valence electrons. The van der Waals surface area contributed by atoms with Gasteiger partial charge in [-0.15, -0.1) is 0 Å². The summed E-state index contributed by atoms with van der Waals surface area (Å²) in [6.45, 7) is -0.784. The predicted octanol–water partition coefficient (Wildman–Crippen LogP) is 1.18. The number of aliphatic hydroxyl groups is 1. The number of amides is 2. The van der Waals surface area contributed by atoms with Crippen LogP contribution in [0.2, 0.25) is 0 Å². The van der Waals surface area contributed by atoms with Crippen LogP contribution in [0.25, 0.3) is 0 Å². The number of fused-ring (bicyclic) bond motifs is 1. The van der Waals surface area contributed by atoms with Gasteiger partial charge in [0.25, 0.3) is 0 Å². The Morgan fingerprint density at radius 3 is 2.41 bits per heavy atom. The molecule has 0 radical (unpaired) electrons. The summed E-state index contributed by atoms with van der Waals surface area (Å²) in [4.78, 5) is 40.3. The van der Waals surface area contributed by atoms with E-state index in [0.717, 1.165) is 12.0 Å². The lowest BCUT2D eigenvalue weighted by molar-refractivity contribution is -0.154. The Balaban J connectivity index is 1.88. The zero-order valence-corrected chi connectivity index (χ0v) is 15.5. The number of rotatable bonds is 4. The molecular formula is C21H19FN2O5. The fourth-order valence-corrected chi connectivity index (χ4v) is 4.41. The summed E-state index contributed by atoms with van der Waals surface area (Å²) < 4.78 is 19.4. The summed E-state index contributed by atoms with van der Waals surface area (Å²) in [7, 11) is 1.13. The molecule has 0 aromatic heterocycles. The number of benzene rings is 2. The van der Waals surface area contributed by atoms with Gasteiger partial charge in [-0.25, -0.2) is 14.1 Å². The minimum Gasteiger partial charge on any atom is -0.468 e. The van der Waals surface area contributed by atoms with Crippen molar-refractivity contribution < 1.29 is 28.6 Å². The highest BCUT2D eigenvalue weighted by Crippen LogP contribution is 2.50. The molecule has 4 rings (SSSR count). The van der Waals surface area contributed by atoms with Gasteiger partial charge in [0.15, 0.2) is 5.54 Å². The van der Waals surface area contributed by atoms with Crippen molar-refractivity contribution in [1.82, 2.24) is 5.32 Å². The Morgan fingerprint density at radius 2 is 1.79 bits per heavy atom. The van der Waals surface area contributed by atoms with Gasteiger partial charge >= 0.3 is 5.97 Å². The number of hydrogen-bond acceptors (Lipinski definition) is 6. The van der Waals surface area contributed by atoms with Crippen molar-refractivity contribution in [2.75, 3.05) is 18.6 Å². The van der Waals surface area contributed by atoms with E-state index in [1.807, 2.05) is 0 Å². The second-order valence-electron chi connectivity index (χ2n) is 7.12. The molecule has 2 fully saturated rings. The third-order valence-electron chi connectivity index (χ3n) is 5.71. The molecule has 0 unspecified atom stereocenters. The van der Waals surface area contributed by atoms with Crippen LogP contribution in [0.4, 0.5) is 10.1 Å². The average molecular weight is 398 g/mol. The highest BCUT2D eigenvalue weighted by molar-refractivity contribution is 6.24. The van der Waals surface area contributed by atoms with E-state index in [0.29, 0.717) is 5.69 Å². The summed E-state index contributed by atoms with van der Waals surface area (Å²) in [5.74, 6) is -4.99. The van der Waals surface area contributed by atoms with Gasteiger partial charge in [-0.1, -0.05) is 36.4 Å². The molecule has 2 aliphatic heterocycles. The van der Waals surface area contributed by atoms with Crippen LogP contribution in [0, 0.1) is 17.7 Å². The van der Waals surface area contributed by atoms with Gasteiger partial charge in [0.1, 0.15) is 5.82 Å². The Bertz CT molecular complexity index is 982. The normalized spacial score (nSPS) is 28.5. The number of anilines is 1. The fourth-order valence-electron chi connectivity index (χ4n) is 4.41. The quantitative estimate of drug-likeness (QED) is 0.593. The first-order chi connectivity index (χ1) is 14.0. The number of nitrogens with zero attached hydrogens (tertiary/aromatic N) is 1. The van der Waals surface area contributed by atoms with E-state index in [2.05, 4.69) is 5.32 Å². The molecule has 0 spiro atoms. The lowest BCUT2D eigenvalue weighted by Gasteiger charge is -2.30. The van der Waals surface area contributed by atoms with Gasteiger partial charge in [-0.3, -0.25) is 14.9 Å². The van der Waals surface area contributed by atoms with Crippen LogP contribution in [-0.2, 0) is 19.1 Å². The number of ether oxygens (including phenoxy) is 1. The van der Waals surface area contributed by atoms with Gasteiger partial charge in [0, 0.05) is 11.6 Å². The van der Waals surface area contributed by atoms with Crippen molar-refractivity contribution in [3.05, 3.63) is 66.0 Å². The Labute approximate surface area is 166 Å². The van der Waals surface area contributed by atoms with E-state index in [1.54, 1.807) is 36.4 Å². The molecule has 2 N–H and O–H groups in total. The predicted molar refractivity (Wildman–Crippen MR) is 100 cm³/mol. The van der Waals surface area contributed by atoms with Crippen LogP contribution < -0.4 is 10.2 Å². The van der Waals surface area contributed by atoms with E-state index < -0.39 is 53.6 Å². The number of methoxy groups -OCH3 is 1. The second-order valence-corrected chi connectivity index (χ2v) is 7.12. The lowest BCUT2D eigenvalue weighted by Crippen LogP contribution is -2.59. The molecule has 0 aliphatic carbocycles. The number of aliphatic hydroxyl groups excluding tert-OH is 1. The first kappa shape index (κ1) is 19.2. The van der Waals surface area contributed by atoms with Crippen molar-refractivity contribution in [1.29, 1.82) is 0 Å². The molecule has 2 saturated heterocycles. The first-order valence-corrected chi connectivity index (χ1v) is 9.10. The van der Waals surface area contributed by atoms with Crippen molar-refractivity contribution >= 4 is 23.5 Å². The molecule has 0 bridgehead atoms. The molecule has 0 saturated carbocycles.